The standard InChI is InChI=1S/C17H20ClN3O3S/c18-12-5-3-11(4-6-12)9-19-15(22)8-14-16(23)21-17(25-14)20-10-13-2-1-7-24-13/h3-6,13-14H,1-2,7-10H2,(H,19,22)(H,20,21,23)/t13-,14+/m1/s1. The molecule has 0 saturated carbocycles. The SMILES string of the molecule is O=C(C[C@@H]1SC(=NC[C@H]2CCCO2)NC1=O)NCc1ccc(Cl)cc1. The first kappa shape index (κ1) is 18.2. The van der Waals surface area contributed by atoms with Gasteiger partial charge in [-0.05, 0) is 30.5 Å². The molecule has 0 unspecified atom stereocenters. The molecule has 0 spiro atoms. The number of hydrogen-bond acceptors (Lipinski definition) is 5. The minimum absolute atomic E-state index is 0.128. The van der Waals surface area contributed by atoms with Gasteiger partial charge in [-0.25, -0.2) is 0 Å². The first-order valence-corrected chi connectivity index (χ1v) is 9.50. The van der Waals surface area contributed by atoms with E-state index in [4.69, 9.17) is 16.3 Å². The molecule has 25 heavy (non-hydrogen) atoms. The van der Waals surface area contributed by atoms with Gasteiger partial charge in [-0.2, -0.15) is 0 Å². The first-order chi connectivity index (χ1) is 12.1. The lowest BCUT2D eigenvalue weighted by Gasteiger charge is -2.07. The Morgan fingerprint density at radius 3 is 2.92 bits per heavy atom. The molecule has 1 aromatic carbocycles. The van der Waals surface area contributed by atoms with Gasteiger partial charge < -0.3 is 15.4 Å². The molecule has 2 aliphatic heterocycles. The molecule has 2 fully saturated rings. The fourth-order valence-electron chi connectivity index (χ4n) is 2.63. The van der Waals surface area contributed by atoms with Crippen molar-refractivity contribution in [2.75, 3.05) is 13.2 Å². The third-order valence-electron chi connectivity index (χ3n) is 4.01. The van der Waals surface area contributed by atoms with Gasteiger partial charge in [0.25, 0.3) is 0 Å². The molecule has 2 amide bonds. The lowest BCUT2D eigenvalue weighted by Crippen LogP contribution is -2.31. The average molecular weight is 382 g/mol. The molecule has 2 atom stereocenters. The van der Waals surface area contributed by atoms with Crippen molar-refractivity contribution in [1.29, 1.82) is 0 Å². The minimum Gasteiger partial charge on any atom is -0.376 e. The van der Waals surface area contributed by atoms with Gasteiger partial charge in [0.1, 0.15) is 5.25 Å². The maximum atomic E-state index is 12.1. The third kappa shape index (κ3) is 5.45. The van der Waals surface area contributed by atoms with Gasteiger partial charge >= 0.3 is 0 Å². The van der Waals surface area contributed by atoms with Crippen LogP contribution in [0.25, 0.3) is 0 Å². The van der Waals surface area contributed by atoms with Crippen molar-refractivity contribution < 1.29 is 14.3 Å². The molecule has 8 heteroatoms. The summed E-state index contributed by atoms with van der Waals surface area (Å²) in [7, 11) is 0. The van der Waals surface area contributed by atoms with Gasteiger partial charge in [-0.1, -0.05) is 35.5 Å². The van der Waals surface area contributed by atoms with Gasteiger partial charge in [0.2, 0.25) is 11.8 Å². The van der Waals surface area contributed by atoms with Gasteiger partial charge in [0, 0.05) is 24.6 Å². The van der Waals surface area contributed by atoms with E-state index >= 15 is 0 Å². The number of amides is 2. The van der Waals surface area contributed by atoms with Crippen LogP contribution in [0.2, 0.25) is 5.02 Å². The second-order valence-corrected chi connectivity index (χ2v) is 7.61. The number of carbonyl (C=O) groups excluding carboxylic acids is 2. The molecule has 0 radical (unpaired) electrons. The Bertz CT molecular complexity index is 660. The molecular formula is C17H20ClN3O3S. The summed E-state index contributed by atoms with van der Waals surface area (Å²) in [5, 5.41) is 6.36. The quantitative estimate of drug-likeness (QED) is 0.791. The monoisotopic (exact) mass is 381 g/mol. The van der Waals surface area contributed by atoms with Crippen LogP contribution in [0.1, 0.15) is 24.8 Å². The number of hydrogen-bond donors (Lipinski definition) is 2. The highest BCUT2D eigenvalue weighted by Gasteiger charge is 2.32. The molecule has 0 aliphatic carbocycles. The molecule has 3 rings (SSSR count). The molecule has 0 bridgehead atoms. The zero-order chi connectivity index (χ0) is 17.6. The Morgan fingerprint density at radius 1 is 1.40 bits per heavy atom. The van der Waals surface area contributed by atoms with Crippen LogP contribution in [0.3, 0.4) is 0 Å². The number of amidine groups is 1. The van der Waals surface area contributed by atoms with Crippen LogP contribution in [-0.4, -0.2) is 41.5 Å². The molecule has 2 heterocycles. The fourth-order valence-corrected chi connectivity index (χ4v) is 3.74. The predicted molar refractivity (Wildman–Crippen MR) is 98.7 cm³/mol. The Kier molecular flexibility index (Phi) is 6.34. The van der Waals surface area contributed by atoms with Gasteiger partial charge in [-0.3, -0.25) is 14.6 Å². The van der Waals surface area contributed by atoms with Crippen molar-refractivity contribution in [3.63, 3.8) is 0 Å². The molecule has 6 nitrogen and oxygen atoms in total. The van der Waals surface area contributed by atoms with Crippen molar-refractivity contribution in [3.8, 4) is 0 Å². The van der Waals surface area contributed by atoms with Crippen LogP contribution >= 0.6 is 23.4 Å². The van der Waals surface area contributed by atoms with Crippen LogP contribution in [-0.2, 0) is 20.9 Å². The van der Waals surface area contributed by atoms with E-state index in [1.165, 1.54) is 11.8 Å². The van der Waals surface area contributed by atoms with E-state index in [0.717, 1.165) is 25.0 Å². The second-order valence-electron chi connectivity index (χ2n) is 5.98. The summed E-state index contributed by atoms with van der Waals surface area (Å²) in [5.41, 5.74) is 0.958. The Hall–Kier alpha value is -1.57. The summed E-state index contributed by atoms with van der Waals surface area (Å²) in [6.07, 6.45) is 2.34. The van der Waals surface area contributed by atoms with Gasteiger partial charge in [0.15, 0.2) is 5.17 Å². The molecule has 134 valence electrons. The lowest BCUT2D eigenvalue weighted by molar-refractivity contribution is -0.125. The van der Waals surface area contributed by atoms with E-state index in [9.17, 15) is 9.59 Å². The zero-order valence-corrected chi connectivity index (χ0v) is 15.2. The number of aliphatic imine (C=N–C) groups is 1. The summed E-state index contributed by atoms with van der Waals surface area (Å²) in [4.78, 5) is 28.5. The minimum atomic E-state index is -0.437. The second kappa shape index (κ2) is 8.69. The number of thioether (sulfide) groups is 1. The van der Waals surface area contributed by atoms with Gasteiger partial charge in [-0.15, -0.1) is 0 Å². The molecule has 2 saturated heterocycles. The molecule has 2 aliphatic rings. The fraction of sp³-hybridized carbons (Fsp3) is 0.471. The maximum absolute atomic E-state index is 12.1. The number of carbonyl (C=O) groups is 2. The average Bonchev–Trinajstić information content (AvgIpc) is 3.23. The number of nitrogens with zero attached hydrogens (tertiary/aromatic N) is 1. The van der Waals surface area contributed by atoms with Crippen molar-refractivity contribution >= 4 is 40.3 Å². The number of halogens is 1. The number of rotatable bonds is 6. The molecular weight excluding hydrogens is 362 g/mol. The van der Waals surface area contributed by atoms with Crippen LogP contribution in [0, 0.1) is 0 Å². The van der Waals surface area contributed by atoms with E-state index in [-0.39, 0.29) is 24.3 Å². The van der Waals surface area contributed by atoms with Crippen LogP contribution < -0.4 is 10.6 Å². The van der Waals surface area contributed by atoms with Crippen molar-refractivity contribution in [2.45, 2.75) is 37.2 Å². The smallest absolute Gasteiger partial charge is 0.240 e. The van der Waals surface area contributed by atoms with Crippen LogP contribution in [0.15, 0.2) is 29.3 Å². The van der Waals surface area contributed by atoms with E-state index in [1.807, 2.05) is 12.1 Å². The Morgan fingerprint density at radius 2 is 2.20 bits per heavy atom. The molecule has 1 aromatic rings. The summed E-state index contributed by atoms with van der Waals surface area (Å²) in [6, 6.07) is 7.27. The number of ether oxygens (including phenoxy) is 1. The maximum Gasteiger partial charge on any atom is 0.240 e. The van der Waals surface area contributed by atoms with E-state index < -0.39 is 5.25 Å². The van der Waals surface area contributed by atoms with Crippen molar-refractivity contribution in [3.05, 3.63) is 34.9 Å². The van der Waals surface area contributed by atoms with E-state index in [0.29, 0.717) is 23.3 Å². The summed E-state index contributed by atoms with van der Waals surface area (Å²) in [5.74, 6) is -0.333. The Balaban J connectivity index is 1.43. The van der Waals surface area contributed by atoms with Crippen molar-refractivity contribution in [1.82, 2.24) is 10.6 Å². The van der Waals surface area contributed by atoms with Crippen LogP contribution in [0.5, 0.6) is 0 Å². The highest BCUT2D eigenvalue weighted by atomic mass is 35.5. The number of benzene rings is 1. The Labute approximate surface area is 155 Å². The topological polar surface area (TPSA) is 79.8 Å². The lowest BCUT2D eigenvalue weighted by atomic mass is 10.2. The molecule has 2 N–H and O–H groups in total. The normalized spacial score (nSPS) is 24.5. The predicted octanol–water partition coefficient (Wildman–Crippen LogP) is 2.11. The highest BCUT2D eigenvalue weighted by Crippen LogP contribution is 2.23. The zero-order valence-electron chi connectivity index (χ0n) is 13.7. The van der Waals surface area contributed by atoms with Crippen molar-refractivity contribution in [2.24, 2.45) is 4.99 Å². The van der Waals surface area contributed by atoms with E-state index in [1.54, 1.807) is 12.1 Å². The third-order valence-corrected chi connectivity index (χ3v) is 5.38. The summed E-state index contributed by atoms with van der Waals surface area (Å²) in [6.45, 7) is 1.75. The summed E-state index contributed by atoms with van der Waals surface area (Å²) < 4.78 is 5.51. The first-order valence-electron chi connectivity index (χ1n) is 8.25. The summed E-state index contributed by atoms with van der Waals surface area (Å²) >= 11 is 7.14. The van der Waals surface area contributed by atoms with E-state index in [2.05, 4.69) is 15.6 Å². The molecule has 0 aromatic heterocycles. The van der Waals surface area contributed by atoms with Crippen LogP contribution in [0.4, 0.5) is 0 Å². The van der Waals surface area contributed by atoms with Gasteiger partial charge in [0.05, 0.1) is 12.6 Å². The highest BCUT2D eigenvalue weighted by molar-refractivity contribution is 8.15. The number of nitrogens with one attached hydrogen (secondary N) is 2. The largest absolute Gasteiger partial charge is 0.376 e.